The molecular formula is C14H27NO4. The van der Waals surface area contributed by atoms with Gasteiger partial charge in [0.25, 0.3) is 5.91 Å². The van der Waals surface area contributed by atoms with Crippen LogP contribution in [0.3, 0.4) is 0 Å². The summed E-state index contributed by atoms with van der Waals surface area (Å²) in [5.74, 6) is -1.94. The van der Waals surface area contributed by atoms with E-state index in [9.17, 15) is 14.7 Å². The number of nitrogens with zero attached hydrogens (tertiary/aromatic N) is 1. The van der Waals surface area contributed by atoms with Crippen LogP contribution in [0.1, 0.15) is 40.5 Å². The monoisotopic (exact) mass is 273 g/mol. The predicted octanol–water partition coefficient (Wildman–Crippen LogP) is 1.64. The number of Topliss-reactive ketones (excluding diaryl/α,β-unsaturated/α-hetero) is 1. The number of aliphatic hydroxyl groups is 1. The Labute approximate surface area is 115 Å². The molecule has 0 aliphatic heterocycles. The van der Waals surface area contributed by atoms with Gasteiger partial charge in [-0.2, -0.15) is 0 Å². The quantitative estimate of drug-likeness (QED) is 0.539. The van der Waals surface area contributed by atoms with Crippen LogP contribution in [0, 0.1) is 17.8 Å². The summed E-state index contributed by atoms with van der Waals surface area (Å²) in [4.78, 5) is 28.8. The Hall–Kier alpha value is -0.940. The molecular weight excluding hydrogens is 246 g/mol. The maximum Gasteiger partial charge on any atom is 0.256 e. The largest absolute Gasteiger partial charge is 0.392 e. The van der Waals surface area contributed by atoms with Gasteiger partial charge in [-0.1, -0.05) is 27.2 Å². The summed E-state index contributed by atoms with van der Waals surface area (Å²) >= 11 is 0. The molecule has 0 radical (unpaired) electrons. The average molecular weight is 273 g/mol. The number of aliphatic hydroxyl groups excluding tert-OH is 1. The molecule has 0 aromatic heterocycles. The minimum absolute atomic E-state index is 0.0476. The van der Waals surface area contributed by atoms with Crippen LogP contribution >= 0.6 is 0 Å². The molecule has 0 aromatic carbocycles. The molecule has 1 amide bonds. The highest BCUT2D eigenvalue weighted by Crippen LogP contribution is 2.21. The molecule has 1 N–H and O–H groups in total. The number of carbonyl (C=O) groups is 2. The van der Waals surface area contributed by atoms with Crippen LogP contribution in [0.4, 0.5) is 0 Å². The minimum atomic E-state index is -0.802. The Kier molecular flexibility index (Phi) is 7.87. The first-order chi connectivity index (χ1) is 8.77. The van der Waals surface area contributed by atoms with E-state index in [0.29, 0.717) is 0 Å². The molecule has 4 atom stereocenters. The molecule has 0 spiro atoms. The molecule has 112 valence electrons. The third-order valence-corrected chi connectivity index (χ3v) is 3.67. The number of carbonyl (C=O) groups excluding carboxylic acids is 2. The Morgan fingerprint density at radius 3 is 2.21 bits per heavy atom. The van der Waals surface area contributed by atoms with E-state index in [4.69, 9.17) is 4.84 Å². The summed E-state index contributed by atoms with van der Waals surface area (Å²) in [6, 6.07) is 0. The smallest absolute Gasteiger partial charge is 0.256 e. The molecule has 0 aliphatic rings. The zero-order valence-electron chi connectivity index (χ0n) is 12.8. The second-order valence-corrected chi connectivity index (χ2v) is 5.19. The highest BCUT2D eigenvalue weighted by molar-refractivity contribution is 6.01. The summed E-state index contributed by atoms with van der Waals surface area (Å²) < 4.78 is 0. The lowest BCUT2D eigenvalue weighted by molar-refractivity contribution is -0.174. The molecule has 0 saturated carbocycles. The molecule has 0 fully saturated rings. The van der Waals surface area contributed by atoms with Crippen molar-refractivity contribution < 1.29 is 19.5 Å². The van der Waals surface area contributed by atoms with Gasteiger partial charge in [0.15, 0.2) is 0 Å². The third-order valence-electron chi connectivity index (χ3n) is 3.67. The first-order valence-corrected chi connectivity index (χ1v) is 6.81. The van der Waals surface area contributed by atoms with E-state index in [1.807, 2.05) is 13.8 Å². The lowest BCUT2D eigenvalue weighted by atomic mass is 9.84. The van der Waals surface area contributed by atoms with E-state index in [-0.39, 0.29) is 11.7 Å². The summed E-state index contributed by atoms with van der Waals surface area (Å²) in [5, 5.41) is 11.2. The Morgan fingerprint density at radius 1 is 1.26 bits per heavy atom. The second-order valence-electron chi connectivity index (χ2n) is 5.19. The van der Waals surface area contributed by atoms with E-state index < -0.39 is 23.8 Å². The van der Waals surface area contributed by atoms with Crippen molar-refractivity contribution in [2.24, 2.45) is 17.8 Å². The minimum Gasteiger partial charge on any atom is -0.392 e. The predicted molar refractivity (Wildman–Crippen MR) is 73.2 cm³/mol. The van der Waals surface area contributed by atoms with Crippen LogP contribution in [0.5, 0.6) is 0 Å². The van der Waals surface area contributed by atoms with Crippen molar-refractivity contribution in [3.8, 4) is 0 Å². The Bertz CT molecular complexity index is 306. The van der Waals surface area contributed by atoms with Gasteiger partial charge in [0, 0.05) is 13.0 Å². The van der Waals surface area contributed by atoms with E-state index in [1.54, 1.807) is 13.8 Å². The summed E-state index contributed by atoms with van der Waals surface area (Å²) in [6.07, 6.45) is 1.11. The molecule has 0 bridgehead atoms. The highest BCUT2D eigenvalue weighted by Gasteiger charge is 2.33. The summed E-state index contributed by atoms with van der Waals surface area (Å²) in [7, 11) is 2.84. The molecule has 0 aliphatic carbocycles. The molecule has 19 heavy (non-hydrogen) atoms. The molecule has 0 aromatic rings. The van der Waals surface area contributed by atoms with Gasteiger partial charge in [-0.3, -0.25) is 14.4 Å². The molecule has 0 saturated heterocycles. The fraction of sp³-hybridized carbons (Fsp3) is 0.857. The van der Waals surface area contributed by atoms with Crippen molar-refractivity contribution in [2.75, 3.05) is 14.2 Å². The summed E-state index contributed by atoms with van der Waals surface area (Å²) in [5.41, 5.74) is 0. The topological polar surface area (TPSA) is 66.8 Å². The first-order valence-electron chi connectivity index (χ1n) is 6.81. The van der Waals surface area contributed by atoms with Gasteiger partial charge in [0.1, 0.15) is 5.78 Å². The van der Waals surface area contributed by atoms with Crippen LogP contribution < -0.4 is 0 Å². The number of ketones is 1. The first kappa shape index (κ1) is 18.1. The van der Waals surface area contributed by atoms with Gasteiger partial charge < -0.3 is 5.11 Å². The van der Waals surface area contributed by atoms with Gasteiger partial charge in [-0.05, 0) is 19.3 Å². The molecule has 5 nitrogen and oxygen atoms in total. The van der Waals surface area contributed by atoms with Crippen LogP contribution in [0.25, 0.3) is 0 Å². The average Bonchev–Trinajstić information content (AvgIpc) is 2.42. The molecule has 0 heterocycles. The summed E-state index contributed by atoms with van der Waals surface area (Å²) in [6.45, 7) is 7.19. The van der Waals surface area contributed by atoms with Gasteiger partial charge in [0.2, 0.25) is 0 Å². The van der Waals surface area contributed by atoms with Crippen molar-refractivity contribution >= 4 is 11.7 Å². The standard InChI is InChI=1S/C14H27NO4/c1-7-8-9(2)12(16)10(3)13(17)11(4)14(18)15(5)19-6/h9-12,16H,7-8H2,1-6H3/t9-,10+,11+,12-/m1/s1. The van der Waals surface area contributed by atoms with Gasteiger partial charge >= 0.3 is 0 Å². The zero-order valence-corrected chi connectivity index (χ0v) is 12.8. The Balaban J connectivity index is 4.67. The van der Waals surface area contributed by atoms with E-state index >= 15 is 0 Å². The SMILES string of the molecule is CCC[C@@H](C)[C@@H](O)[C@H](C)C(=O)[C@H](C)C(=O)N(C)OC. The van der Waals surface area contributed by atoms with Crippen molar-refractivity contribution in [1.29, 1.82) is 0 Å². The van der Waals surface area contributed by atoms with E-state index in [2.05, 4.69) is 0 Å². The van der Waals surface area contributed by atoms with Crippen molar-refractivity contribution in [2.45, 2.75) is 46.6 Å². The zero-order chi connectivity index (χ0) is 15.2. The number of hydrogen-bond acceptors (Lipinski definition) is 4. The Morgan fingerprint density at radius 2 is 1.79 bits per heavy atom. The van der Waals surface area contributed by atoms with Crippen LogP contribution in [0.15, 0.2) is 0 Å². The van der Waals surface area contributed by atoms with Crippen molar-refractivity contribution in [3.63, 3.8) is 0 Å². The maximum absolute atomic E-state index is 12.2. The van der Waals surface area contributed by atoms with E-state index in [0.717, 1.165) is 17.9 Å². The van der Waals surface area contributed by atoms with Gasteiger partial charge in [-0.15, -0.1) is 0 Å². The number of hydrogen-bond donors (Lipinski definition) is 1. The normalized spacial score (nSPS) is 17.4. The molecule has 5 heteroatoms. The van der Waals surface area contributed by atoms with Gasteiger partial charge in [-0.25, -0.2) is 5.06 Å². The third kappa shape index (κ3) is 4.91. The number of hydroxylamine groups is 2. The van der Waals surface area contributed by atoms with Crippen LogP contribution in [-0.2, 0) is 14.4 Å². The van der Waals surface area contributed by atoms with E-state index in [1.165, 1.54) is 14.2 Å². The molecule has 0 unspecified atom stereocenters. The molecule has 0 rings (SSSR count). The fourth-order valence-corrected chi connectivity index (χ4v) is 2.17. The lowest BCUT2D eigenvalue weighted by Gasteiger charge is -2.26. The lowest BCUT2D eigenvalue weighted by Crippen LogP contribution is -2.41. The number of amides is 1. The highest BCUT2D eigenvalue weighted by atomic mass is 16.7. The van der Waals surface area contributed by atoms with Crippen LogP contribution in [0.2, 0.25) is 0 Å². The number of rotatable bonds is 8. The van der Waals surface area contributed by atoms with Gasteiger partial charge in [0.05, 0.1) is 19.1 Å². The second kappa shape index (κ2) is 8.27. The van der Waals surface area contributed by atoms with Crippen molar-refractivity contribution in [1.82, 2.24) is 5.06 Å². The van der Waals surface area contributed by atoms with Crippen LogP contribution in [-0.4, -0.2) is 42.1 Å². The fourth-order valence-electron chi connectivity index (χ4n) is 2.17. The van der Waals surface area contributed by atoms with Crippen molar-refractivity contribution in [3.05, 3.63) is 0 Å². The maximum atomic E-state index is 12.2.